The SMILES string of the molecule is COc1ccc(Cl)cc1NC(=O)CCN(C)CCCc1ccccc1. The van der Waals surface area contributed by atoms with E-state index in [4.69, 9.17) is 16.3 Å². The van der Waals surface area contributed by atoms with E-state index in [1.807, 2.05) is 13.1 Å². The molecule has 0 spiro atoms. The van der Waals surface area contributed by atoms with Crippen molar-refractivity contribution in [1.29, 1.82) is 0 Å². The minimum Gasteiger partial charge on any atom is -0.495 e. The molecule has 2 aromatic carbocycles. The first kappa shape index (κ1) is 19.3. The topological polar surface area (TPSA) is 41.6 Å². The zero-order valence-corrected chi connectivity index (χ0v) is 15.6. The molecule has 2 aromatic rings. The van der Waals surface area contributed by atoms with Gasteiger partial charge in [0.15, 0.2) is 0 Å². The van der Waals surface area contributed by atoms with Crippen molar-refractivity contribution in [3.63, 3.8) is 0 Å². The number of methoxy groups -OCH3 is 1. The summed E-state index contributed by atoms with van der Waals surface area (Å²) >= 11 is 5.98. The Morgan fingerprint density at radius 1 is 1.16 bits per heavy atom. The number of anilines is 1. The highest BCUT2D eigenvalue weighted by atomic mass is 35.5. The predicted molar refractivity (Wildman–Crippen MR) is 104 cm³/mol. The van der Waals surface area contributed by atoms with Gasteiger partial charge >= 0.3 is 0 Å². The second-order valence-electron chi connectivity index (χ2n) is 6.04. The Balaban J connectivity index is 1.71. The number of carbonyl (C=O) groups excluding carboxylic acids is 1. The van der Waals surface area contributed by atoms with Crippen LogP contribution in [0.3, 0.4) is 0 Å². The van der Waals surface area contributed by atoms with Crippen molar-refractivity contribution >= 4 is 23.2 Å². The van der Waals surface area contributed by atoms with Crippen LogP contribution in [0.15, 0.2) is 48.5 Å². The van der Waals surface area contributed by atoms with E-state index in [1.165, 1.54) is 5.56 Å². The number of benzene rings is 2. The molecule has 0 aliphatic carbocycles. The highest BCUT2D eigenvalue weighted by Crippen LogP contribution is 2.27. The number of rotatable bonds is 9. The standard InChI is InChI=1S/C20H25ClN2O2/c1-23(13-6-9-16-7-4-3-5-8-16)14-12-20(24)22-18-15-17(21)10-11-19(18)25-2/h3-5,7-8,10-11,15H,6,9,12-14H2,1-2H3,(H,22,24). The quantitative estimate of drug-likeness (QED) is 0.727. The summed E-state index contributed by atoms with van der Waals surface area (Å²) in [6.45, 7) is 1.67. The Labute approximate surface area is 154 Å². The van der Waals surface area contributed by atoms with Gasteiger partial charge in [-0.25, -0.2) is 0 Å². The molecule has 134 valence electrons. The molecule has 1 N–H and O–H groups in total. The molecule has 0 radical (unpaired) electrons. The molecular weight excluding hydrogens is 336 g/mol. The number of aryl methyl sites for hydroxylation is 1. The van der Waals surface area contributed by atoms with Crippen molar-refractivity contribution in [2.24, 2.45) is 0 Å². The lowest BCUT2D eigenvalue weighted by atomic mass is 10.1. The maximum atomic E-state index is 12.2. The zero-order valence-electron chi connectivity index (χ0n) is 14.8. The normalized spacial score (nSPS) is 10.7. The summed E-state index contributed by atoms with van der Waals surface area (Å²) in [5, 5.41) is 3.43. The van der Waals surface area contributed by atoms with Gasteiger partial charge in [-0.1, -0.05) is 41.9 Å². The van der Waals surface area contributed by atoms with E-state index in [1.54, 1.807) is 25.3 Å². The van der Waals surface area contributed by atoms with Gasteiger partial charge in [-0.3, -0.25) is 4.79 Å². The largest absolute Gasteiger partial charge is 0.495 e. The number of nitrogens with zero attached hydrogens (tertiary/aromatic N) is 1. The molecule has 0 saturated carbocycles. The first-order valence-electron chi connectivity index (χ1n) is 8.44. The first-order valence-corrected chi connectivity index (χ1v) is 8.82. The fraction of sp³-hybridized carbons (Fsp3) is 0.350. The fourth-order valence-electron chi connectivity index (χ4n) is 2.59. The van der Waals surface area contributed by atoms with Crippen molar-refractivity contribution in [1.82, 2.24) is 4.90 Å². The van der Waals surface area contributed by atoms with E-state index in [0.29, 0.717) is 29.4 Å². The Morgan fingerprint density at radius 3 is 2.64 bits per heavy atom. The van der Waals surface area contributed by atoms with Gasteiger partial charge in [-0.2, -0.15) is 0 Å². The van der Waals surface area contributed by atoms with Crippen molar-refractivity contribution < 1.29 is 9.53 Å². The zero-order chi connectivity index (χ0) is 18.1. The van der Waals surface area contributed by atoms with E-state index >= 15 is 0 Å². The van der Waals surface area contributed by atoms with Crippen molar-refractivity contribution in [3.05, 3.63) is 59.1 Å². The van der Waals surface area contributed by atoms with Crippen LogP contribution in [0.1, 0.15) is 18.4 Å². The minimum atomic E-state index is -0.0459. The number of amides is 1. The molecule has 1 amide bonds. The molecule has 0 aliphatic heterocycles. The number of ether oxygens (including phenoxy) is 1. The van der Waals surface area contributed by atoms with E-state index in [-0.39, 0.29) is 5.91 Å². The van der Waals surface area contributed by atoms with Crippen molar-refractivity contribution in [3.8, 4) is 5.75 Å². The third-order valence-corrected chi connectivity index (χ3v) is 4.24. The smallest absolute Gasteiger partial charge is 0.225 e. The summed E-state index contributed by atoms with van der Waals surface area (Å²) in [5.74, 6) is 0.560. The maximum absolute atomic E-state index is 12.2. The molecule has 0 unspecified atom stereocenters. The molecule has 0 bridgehead atoms. The summed E-state index contributed by atoms with van der Waals surface area (Å²) in [5.41, 5.74) is 1.95. The van der Waals surface area contributed by atoms with E-state index in [2.05, 4.69) is 34.5 Å². The van der Waals surface area contributed by atoms with Gasteiger partial charge in [-0.05, 0) is 50.2 Å². The average Bonchev–Trinajstić information content (AvgIpc) is 2.61. The average molecular weight is 361 g/mol. The van der Waals surface area contributed by atoms with Gasteiger partial charge in [0.05, 0.1) is 12.8 Å². The van der Waals surface area contributed by atoms with Gasteiger partial charge < -0.3 is 15.0 Å². The van der Waals surface area contributed by atoms with Gasteiger partial charge in [0.2, 0.25) is 5.91 Å². The minimum absolute atomic E-state index is 0.0459. The summed E-state index contributed by atoms with van der Waals surface area (Å²) in [6.07, 6.45) is 2.55. The number of hydrogen-bond donors (Lipinski definition) is 1. The number of halogens is 1. The Kier molecular flexibility index (Phi) is 7.76. The van der Waals surface area contributed by atoms with Crippen LogP contribution in [0.2, 0.25) is 5.02 Å². The van der Waals surface area contributed by atoms with Gasteiger partial charge in [0, 0.05) is 18.0 Å². The molecule has 0 heterocycles. The predicted octanol–water partition coefficient (Wildman–Crippen LogP) is 4.24. The number of carbonyl (C=O) groups is 1. The molecule has 4 nitrogen and oxygen atoms in total. The van der Waals surface area contributed by atoms with E-state index in [0.717, 1.165) is 19.4 Å². The molecule has 0 aromatic heterocycles. The van der Waals surface area contributed by atoms with Crippen molar-refractivity contribution in [2.45, 2.75) is 19.3 Å². The van der Waals surface area contributed by atoms with E-state index in [9.17, 15) is 4.79 Å². The van der Waals surface area contributed by atoms with E-state index < -0.39 is 0 Å². The molecule has 0 fully saturated rings. The number of hydrogen-bond acceptors (Lipinski definition) is 3. The molecule has 0 saturated heterocycles. The lowest BCUT2D eigenvalue weighted by Crippen LogP contribution is -2.25. The third kappa shape index (κ3) is 6.77. The molecule has 2 rings (SSSR count). The lowest BCUT2D eigenvalue weighted by molar-refractivity contribution is -0.116. The highest BCUT2D eigenvalue weighted by Gasteiger charge is 2.09. The van der Waals surface area contributed by atoms with Crippen LogP contribution >= 0.6 is 11.6 Å². The Bertz CT molecular complexity index is 677. The summed E-state index contributed by atoms with van der Waals surface area (Å²) in [4.78, 5) is 14.3. The van der Waals surface area contributed by atoms with Crippen LogP contribution in [-0.4, -0.2) is 38.1 Å². The molecule has 5 heteroatoms. The molecular formula is C20H25ClN2O2. The lowest BCUT2D eigenvalue weighted by Gasteiger charge is -2.16. The van der Waals surface area contributed by atoms with Crippen LogP contribution in [0, 0.1) is 0 Å². The van der Waals surface area contributed by atoms with Crippen LogP contribution in [0.5, 0.6) is 5.75 Å². The fourth-order valence-corrected chi connectivity index (χ4v) is 2.76. The molecule has 0 atom stereocenters. The first-order chi connectivity index (χ1) is 12.1. The molecule has 0 aliphatic rings. The second-order valence-corrected chi connectivity index (χ2v) is 6.47. The third-order valence-electron chi connectivity index (χ3n) is 4.00. The van der Waals surface area contributed by atoms with Crippen LogP contribution in [0.4, 0.5) is 5.69 Å². The van der Waals surface area contributed by atoms with Gasteiger partial charge in [0.25, 0.3) is 0 Å². The summed E-state index contributed by atoms with van der Waals surface area (Å²) < 4.78 is 5.24. The summed E-state index contributed by atoms with van der Waals surface area (Å²) in [7, 11) is 3.61. The second kappa shape index (κ2) is 10.1. The summed E-state index contributed by atoms with van der Waals surface area (Å²) in [6, 6.07) is 15.6. The highest BCUT2D eigenvalue weighted by molar-refractivity contribution is 6.31. The van der Waals surface area contributed by atoms with Gasteiger partial charge in [-0.15, -0.1) is 0 Å². The molecule has 25 heavy (non-hydrogen) atoms. The number of nitrogens with one attached hydrogen (secondary N) is 1. The van der Waals surface area contributed by atoms with Gasteiger partial charge in [0.1, 0.15) is 5.75 Å². The van der Waals surface area contributed by atoms with Crippen LogP contribution < -0.4 is 10.1 Å². The Hall–Kier alpha value is -2.04. The Morgan fingerprint density at radius 2 is 1.92 bits per heavy atom. The van der Waals surface area contributed by atoms with Crippen LogP contribution in [0.25, 0.3) is 0 Å². The van der Waals surface area contributed by atoms with Crippen LogP contribution in [-0.2, 0) is 11.2 Å². The maximum Gasteiger partial charge on any atom is 0.225 e. The van der Waals surface area contributed by atoms with Crippen molar-refractivity contribution in [2.75, 3.05) is 32.6 Å². The monoisotopic (exact) mass is 360 g/mol.